The van der Waals surface area contributed by atoms with Gasteiger partial charge in [0, 0.05) is 23.6 Å². The minimum absolute atomic E-state index is 0.163. The summed E-state index contributed by atoms with van der Waals surface area (Å²) >= 11 is 0. The molecule has 4 rings (SSSR count). The molecule has 0 aliphatic heterocycles. The molecule has 35 heavy (non-hydrogen) atoms. The van der Waals surface area contributed by atoms with Crippen LogP contribution in [0.15, 0.2) is 73.1 Å². The number of nitrogens with one attached hydrogen (secondary N) is 1. The number of pyridine rings is 1. The Morgan fingerprint density at radius 2 is 1.74 bits per heavy atom. The topological polar surface area (TPSA) is 93.0 Å². The lowest BCUT2D eigenvalue weighted by molar-refractivity contribution is -0.128. The quantitative estimate of drug-likeness (QED) is 0.416. The normalized spacial score (nSPS) is 12.3. The van der Waals surface area contributed by atoms with E-state index in [4.69, 9.17) is 0 Å². The molecule has 0 spiro atoms. The van der Waals surface area contributed by atoms with Crippen molar-refractivity contribution in [2.75, 3.05) is 4.90 Å². The Kier molecular flexibility index (Phi) is 6.86. The monoisotopic (exact) mass is 474 g/mol. The van der Waals surface area contributed by atoms with Gasteiger partial charge in [-0.05, 0) is 74.4 Å². The van der Waals surface area contributed by atoms with Crippen LogP contribution in [0.4, 0.5) is 10.1 Å². The molecule has 180 valence electrons. The summed E-state index contributed by atoms with van der Waals surface area (Å²) < 4.78 is 15.3. The second-order valence-corrected chi connectivity index (χ2v) is 8.89. The molecule has 2 aromatic carbocycles. The highest BCUT2D eigenvalue weighted by Crippen LogP contribution is 2.29. The van der Waals surface area contributed by atoms with Crippen molar-refractivity contribution in [1.29, 1.82) is 0 Å². The summed E-state index contributed by atoms with van der Waals surface area (Å²) in [4.78, 5) is 33.0. The largest absolute Gasteiger partial charge is 0.349 e. The molecule has 1 atom stereocenters. The fraction of sp³-hybridized carbons (Fsp3) is 0.269. The minimum Gasteiger partial charge on any atom is -0.349 e. The first-order valence-electron chi connectivity index (χ1n) is 11.4. The molecule has 0 aliphatic rings. The summed E-state index contributed by atoms with van der Waals surface area (Å²) in [7, 11) is 0. The highest BCUT2D eigenvalue weighted by molar-refractivity contribution is 6.01. The zero-order chi connectivity index (χ0) is 25.0. The molecule has 0 fully saturated rings. The van der Waals surface area contributed by atoms with E-state index >= 15 is 0 Å². The van der Waals surface area contributed by atoms with Crippen LogP contribution in [0.2, 0.25) is 0 Å². The van der Waals surface area contributed by atoms with Crippen LogP contribution in [-0.2, 0) is 16.1 Å². The molecule has 0 aliphatic carbocycles. The lowest BCUT2D eigenvalue weighted by Crippen LogP contribution is -2.51. The van der Waals surface area contributed by atoms with Gasteiger partial charge in [0.05, 0.1) is 5.52 Å². The number of rotatable bonds is 8. The third-order valence-electron chi connectivity index (χ3n) is 5.95. The van der Waals surface area contributed by atoms with Crippen LogP contribution in [0.5, 0.6) is 0 Å². The van der Waals surface area contributed by atoms with Gasteiger partial charge < -0.3 is 5.32 Å². The number of carbonyl (C=O) groups is 2. The molecule has 8 nitrogen and oxygen atoms in total. The van der Waals surface area contributed by atoms with E-state index < -0.39 is 23.3 Å². The number of aromatic nitrogens is 4. The predicted octanol–water partition coefficient (Wildman–Crippen LogP) is 4.04. The van der Waals surface area contributed by atoms with Crippen LogP contribution in [0, 0.1) is 5.82 Å². The molecule has 0 unspecified atom stereocenters. The molecule has 2 heterocycles. The predicted molar refractivity (Wildman–Crippen MR) is 131 cm³/mol. The third kappa shape index (κ3) is 5.34. The Balaban J connectivity index is 1.79. The summed E-state index contributed by atoms with van der Waals surface area (Å²) in [6, 6.07) is 15.2. The van der Waals surface area contributed by atoms with Crippen molar-refractivity contribution in [1.82, 2.24) is 25.3 Å². The summed E-state index contributed by atoms with van der Waals surface area (Å²) in [5, 5.41) is 11.3. The number of nitrogens with zero attached hydrogens (tertiary/aromatic N) is 5. The maximum Gasteiger partial charge on any atom is 0.249 e. The van der Waals surface area contributed by atoms with E-state index in [1.165, 1.54) is 33.8 Å². The highest BCUT2D eigenvalue weighted by atomic mass is 19.1. The summed E-state index contributed by atoms with van der Waals surface area (Å²) in [5.41, 5.74) is 1.80. The molecule has 1 N–H and O–H groups in total. The van der Waals surface area contributed by atoms with E-state index in [9.17, 15) is 14.0 Å². The molecule has 9 heteroatoms. The van der Waals surface area contributed by atoms with Crippen molar-refractivity contribution in [3.63, 3.8) is 0 Å². The van der Waals surface area contributed by atoms with Crippen LogP contribution in [0.25, 0.3) is 11.0 Å². The van der Waals surface area contributed by atoms with Crippen LogP contribution >= 0.6 is 0 Å². The van der Waals surface area contributed by atoms with E-state index in [0.29, 0.717) is 28.7 Å². The van der Waals surface area contributed by atoms with Gasteiger partial charge in [-0.3, -0.25) is 19.5 Å². The highest BCUT2D eigenvalue weighted by Gasteiger charge is 2.35. The van der Waals surface area contributed by atoms with Crippen molar-refractivity contribution >= 4 is 28.5 Å². The van der Waals surface area contributed by atoms with Gasteiger partial charge >= 0.3 is 0 Å². The van der Waals surface area contributed by atoms with Gasteiger partial charge in [-0.1, -0.05) is 24.3 Å². The van der Waals surface area contributed by atoms with E-state index in [2.05, 4.69) is 20.6 Å². The van der Waals surface area contributed by atoms with Gasteiger partial charge in [0.15, 0.2) is 0 Å². The van der Waals surface area contributed by atoms with Crippen molar-refractivity contribution < 1.29 is 14.0 Å². The fourth-order valence-corrected chi connectivity index (χ4v) is 3.73. The zero-order valence-corrected chi connectivity index (χ0v) is 19.9. The van der Waals surface area contributed by atoms with Crippen molar-refractivity contribution in [3.05, 3.63) is 84.4 Å². The smallest absolute Gasteiger partial charge is 0.249 e. The molecule has 0 radical (unpaired) electrons. The molecule has 2 amide bonds. The number of anilines is 1. The first kappa shape index (κ1) is 24.0. The van der Waals surface area contributed by atoms with E-state index in [1.807, 2.05) is 39.0 Å². The number of carbonyl (C=O) groups excluding carboxylic acids is 2. The number of para-hydroxylation sites is 1. The Morgan fingerprint density at radius 3 is 2.43 bits per heavy atom. The molecular weight excluding hydrogens is 447 g/mol. The number of amides is 2. The summed E-state index contributed by atoms with van der Waals surface area (Å²) in [5.74, 6) is -1.21. The lowest BCUT2D eigenvalue weighted by Gasteiger charge is -2.34. The molecule has 0 saturated heterocycles. The van der Waals surface area contributed by atoms with Crippen LogP contribution in [0.3, 0.4) is 0 Å². The van der Waals surface area contributed by atoms with E-state index in [1.54, 1.807) is 30.6 Å². The standard InChI is InChI=1S/C26H27FN6O2/c1-4-26(2,3)29-25(35)24(18-13-15-28-16-14-18)33(20-11-9-19(27)10-12-20)23(34)17-32-22-8-6-5-7-21(22)30-31-32/h5-16,24H,4,17H2,1-3H3,(H,29,35)/t24-/m0/s1. The van der Waals surface area contributed by atoms with Gasteiger partial charge in [0.25, 0.3) is 0 Å². The van der Waals surface area contributed by atoms with Crippen molar-refractivity contribution in [2.24, 2.45) is 0 Å². The average molecular weight is 475 g/mol. The van der Waals surface area contributed by atoms with Gasteiger partial charge in [0.1, 0.15) is 23.9 Å². The minimum atomic E-state index is -1.02. The Labute approximate surface area is 202 Å². The van der Waals surface area contributed by atoms with E-state index in [0.717, 1.165) is 0 Å². The molecule has 4 aromatic rings. The maximum absolute atomic E-state index is 13.8. The average Bonchev–Trinajstić information content (AvgIpc) is 3.26. The van der Waals surface area contributed by atoms with Gasteiger partial charge in [-0.25, -0.2) is 9.07 Å². The molecule has 0 bridgehead atoms. The second kappa shape index (κ2) is 10.0. The fourth-order valence-electron chi connectivity index (χ4n) is 3.73. The number of fused-ring (bicyclic) bond motifs is 1. The first-order chi connectivity index (χ1) is 16.8. The van der Waals surface area contributed by atoms with Crippen LogP contribution in [0.1, 0.15) is 38.8 Å². The first-order valence-corrected chi connectivity index (χ1v) is 11.4. The van der Waals surface area contributed by atoms with Crippen LogP contribution < -0.4 is 10.2 Å². The summed E-state index contributed by atoms with van der Waals surface area (Å²) in [6.07, 6.45) is 3.83. The molecule has 0 saturated carbocycles. The SMILES string of the molecule is CCC(C)(C)NC(=O)[C@H](c1ccncc1)N(C(=O)Cn1nnc2ccccc21)c1ccc(F)cc1. The Hall–Kier alpha value is -4.14. The Bertz CT molecular complexity index is 1320. The third-order valence-corrected chi connectivity index (χ3v) is 5.95. The number of benzene rings is 2. The van der Waals surface area contributed by atoms with E-state index in [-0.39, 0.29) is 12.5 Å². The molecular formula is C26H27FN6O2. The van der Waals surface area contributed by atoms with Gasteiger partial charge in [-0.2, -0.15) is 0 Å². The zero-order valence-electron chi connectivity index (χ0n) is 19.9. The van der Waals surface area contributed by atoms with Crippen molar-refractivity contribution in [3.8, 4) is 0 Å². The number of halogens is 1. The molecule has 2 aromatic heterocycles. The maximum atomic E-state index is 13.8. The number of hydrogen-bond acceptors (Lipinski definition) is 5. The Morgan fingerprint density at radius 1 is 1.06 bits per heavy atom. The number of hydrogen-bond donors (Lipinski definition) is 1. The summed E-state index contributed by atoms with van der Waals surface area (Å²) in [6.45, 7) is 5.64. The van der Waals surface area contributed by atoms with Crippen molar-refractivity contribution in [2.45, 2.75) is 45.3 Å². The van der Waals surface area contributed by atoms with Gasteiger partial charge in [-0.15, -0.1) is 5.10 Å². The lowest BCUT2D eigenvalue weighted by atomic mass is 9.98. The van der Waals surface area contributed by atoms with Crippen LogP contribution in [-0.4, -0.2) is 37.3 Å². The second-order valence-electron chi connectivity index (χ2n) is 8.89. The van der Waals surface area contributed by atoms with Gasteiger partial charge in [0.2, 0.25) is 11.8 Å².